The fraction of sp³-hybridized carbons (Fsp3) is 0.500. The van der Waals surface area contributed by atoms with Crippen molar-refractivity contribution in [2.45, 2.75) is 38.5 Å². The first-order valence-corrected chi connectivity index (χ1v) is 8.92. The van der Waals surface area contributed by atoms with E-state index in [1.54, 1.807) is 0 Å². The Morgan fingerprint density at radius 2 is 1.41 bits per heavy atom. The third kappa shape index (κ3) is 4.34. The number of benzene rings is 1. The minimum atomic E-state index is 0.194. The molecule has 0 aromatic heterocycles. The van der Waals surface area contributed by atoms with Crippen LogP contribution in [0.4, 0.5) is 0 Å². The van der Waals surface area contributed by atoms with Crippen molar-refractivity contribution in [1.82, 2.24) is 0 Å². The van der Waals surface area contributed by atoms with Gasteiger partial charge < -0.3 is 4.74 Å². The maximum atomic E-state index is 12.0. The molecule has 1 heterocycles. The highest BCUT2D eigenvalue weighted by Gasteiger charge is 2.29. The van der Waals surface area contributed by atoms with Crippen LogP contribution in [-0.4, -0.2) is 24.3 Å². The van der Waals surface area contributed by atoms with Crippen LogP contribution in [0.5, 0.6) is 0 Å². The summed E-state index contributed by atoms with van der Waals surface area (Å²) in [6, 6.07) is 8.02. The molecule has 1 fully saturated rings. The van der Waals surface area contributed by atoms with Gasteiger partial charge in [0.25, 0.3) is 0 Å². The highest BCUT2D eigenvalue weighted by atomic mass is 35.5. The first-order valence-electron chi connectivity index (χ1n) is 7.85. The van der Waals surface area contributed by atoms with Crippen molar-refractivity contribution >= 4 is 34.6 Å². The van der Waals surface area contributed by atoms with E-state index in [0.29, 0.717) is 0 Å². The van der Waals surface area contributed by atoms with Crippen LogP contribution in [0.25, 0.3) is 5.57 Å². The molecule has 0 unspecified atom stereocenters. The highest BCUT2D eigenvalue weighted by Crippen LogP contribution is 2.40. The highest BCUT2D eigenvalue weighted by molar-refractivity contribution is 6.40. The third-order valence-corrected chi connectivity index (χ3v) is 4.07. The van der Waals surface area contributed by atoms with E-state index >= 15 is 0 Å². The van der Waals surface area contributed by atoms with Crippen molar-refractivity contribution in [3.63, 3.8) is 0 Å². The van der Waals surface area contributed by atoms with Gasteiger partial charge in [0.15, 0.2) is 5.78 Å². The summed E-state index contributed by atoms with van der Waals surface area (Å²) in [4.78, 5) is 12.0. The predicted octanol–water partition coefficient (Wildman–Crippen LogP) is 5.43. The molecule has 4 heteroatoms. The molecule has 1 aromatic carbocycles. The van der Waals surface area contributed by atoms with Crippen LogP contribution < -0.4 is 0 Å². The molecular formula is C18H22Cl2O2. The van der Waals surface area contributed by atoms with Crippen molar-refractivity contribution < 1.29 is 9.53 Å². The summed E-state index contributed by atoms with van der Waals surface area (Å²) in [5.41, 5.74) is 4.56. The number of carbonyl (C=O) groups is 1. The maximum absolute atomic E-state index is 12.0. The number of hydrogen-bond donors (Lipinski definition) is 0. The smallest absolute Gasteiger partial charge is 0.189 e. The molecule has 4 rings (SSSR count). The molecule has 0 amide bonds. The molecule has 3 aliphatic rings. The lowest BCUT2D eigenvalue weighted by Crippen LogP contribution is -2.01. The average Bonchev–Trinajstić information content (AvgIpc) is 3.21. The fourth-order valence-electron chi connectivity index (χ4n) is 3.07. The molecule has 0 bridgehead atoms. The van der Waals surface area contributed by atoms with Gasteiger partial charge in [0.1, 0.15) is 0 Å². The zero-order valence-electron chi connectivity index (χ0n) is 12.7. The molecule has 1 saturated heterocycles. The zero-order valence-corrected chi connectivity index (χ0v) is 14.3. The summed E-state index contributed by atoms with van der Waals surface area (Å²) in [6.45, 7) is 2.00. The Kier molecular flexibility index (Phi) is 7.44. The van der Waals surface area contributed by atoms with E-state index in [-0.39, 0.29) is 11.1 Å². The second kappa shape index (κ2) is 9.34. The second-order valence-corrected chi connectivity index (χ2v) is 6.27. The van der Waals surface area contributed by atoms with Gasteiger partial charge in [0, 0.05) is 24.4 Å². The predicted molar refractivity (Wildman–Crippen MR) is 92.8 cm³/mol. The van der Waals surface area contributed by atoms with Gasteiger partial charge in [-0.3, -0.25) is 4.79 Å². The number of Topliss-reactive ketones (excluding diaryl/α,β-unsaturated/α-hetero) is 1. The van der Waals surface area contributed by atoms with Gasteiger partial charge in [-0.15, -0.1) is 23.2 Å². The minimum Gasteiger partial charge on any atom is -0.381 e. The van der Waals surface area contributed by atoms with Gasteiger partial charge in [0.05, 0.1) is 5.34 Å². The Bertz CT molecular complexity index is 526. The molecule has 0 saturated carbocycles. The van der Waals surface area contributed by atoms with Crippen LogP contribution in [0.15, 0.2) is 29.8 Å². The normalized spacial score (nSPS) is 18.7. The lowest BCUT2D eigenvalue weighted by Gasteiger charge is -2.12. The minimum absolute atomic E-state index is 0.194. The number of allylic oxidation sites excluding steroid dienone is 2. The van der Waals surface area contributed by atoms with Crippen LogP contribution in [0, 0.1) is 0 Å². The number of halogens is 2. The van der Waals surface area contributed by atoms with Crippen LogP contribution in [0.2, 0.25) is 0 Å². The monoisotopic (exact) mass is 340 g/mol. The number of fused-ring (bicyclic) bond motifs is 2. The van der Waals surface area contributed by atoms with E-state index in [1.807, 2.05) is 18.2 Å². The molecule has 2 nitrogen and oxygen atoms in total. The van der Waals surface area contributed by atoms with Crippen LogP contribution in [0.3, 0.4) is 0 Å². The van der Waals surface area contributed by atoms with Crippen LogP contribution >= 0.6 is 23.2 Å². The molecule has 0 spiro atoms. The molecule has 2 aliphatic carbocycles. The summed E-state index contributed by atoms with van der Waals surface area (Å²) in [5, 5.41) is 0.194. The Morgan fingerprint density at radius 3 is 1.95 bits per heavy atom. The van der Waals surface area contributed by atoms with Crippen LogP contribution in [0.1, 0.15) is 54.4 Å². The second-order valence-electron chi connectivity index (χ2n) is 5.46. The van der Waals surface area contributed by atoms with E-state index in [2.05, 4.69) is 6.07 Å². The third-order valence-electron chi connectivity index (χ3n) is 4.07. The quantitative estimate of drug-likeness (QED) is 0.588. The molecule has 0 N–H and O–H groups in total. The van der Waals surface area contributed by atoms with Gasteiger partial charge in [0.2, 0.25) is 0 Å². The standard InChI is InChI=1S/C13H12O.C4H8O.CH2Cl2/c14-13-11-7-3-1-5-9(11)10-6-2-4-8-12(10)13;1-2-4-5-3-1;2-1-3/h1,3,5,7H,2,4,6,8H2;1-4H2;1H2. The van der Waals surface area contributed by atoms with E-state index in [4.69, 9.17) is 27.9 Å². The van der Waals surface area contributed by atoms with Gasteiger partial charge in [-0.05, 0) is 49.7 Å². The fourth-order valence-corrected chi connectivity index (χ4v) is 3.07. The number of hydrogen-bond acceptors (Lipinski definition) is 2. The van der Waals surface area contributed by atoms with Crippen molar-refractivity contribution in [3.8, 4) is 0 Å². The van der Waals surface area contributed by atoms with Crippen molar-refractivity contribution in [2.24, 2.45) is 0 Å². The van der Waals surface area contributed by atoms with Gasteiger partial charge in [-0.1, -0.05) is 24.3 Å². The summed E-state index contributed by atoms with van der Waals surface area (Å²) >= 11 is 9.53. The van der Waals surface area contributed by atoms with E-state index in [1.165, 1.54) is 36.8 Å². The first kappa shape index (κ1) is 17.5. The van der Waals surface area contributed by atoms with Gasteiger partial charge in [-0.2, -0.15) is 0 Å². The summed E-state index contributed by atoms with van der Waals surface area (Å²) in [6.07, 6.45) is 7.06. The number of alkyl halides is 2. The largest absolute Gasteiger partial charge is 0.381 e. The Balaban J connectivity index is 0.000000184. The lowest BCUT2D eigenvalue weighted by atomic mass is 9.92. The van der Waals surface area contributed by atoms with E-state index in [0.717, 1.165) is 37.2 Å². The number of rotatable bonds is 0. The molecule has 0 radical (unpaired) electrons. The number of ketones is 1. The first-order chi connectivity index (χ1) is 10.8. The lowest BCUT2D eigenvalue weighted by molar-refractivity contribution is 0.103. The van der Waals surface area contributed by atoms with Crippen molar-refractivity contribution in [3.05, 3.63) is 41.0 Å². The number of carbonyl (C=O) groups excluding carboxylic acids is 1. The van der Waals surface area contributed by atoms with E-state index in [9.17, 15) is 4.79 Å². The molecule has 0 atom stereocenters. The van der Waals surface area contributed by atoms with Crippen molar-refractivity contribution in [1.29, 1.82) is 0 Å². The summed E-state index contributed by atoms with van der Waals surface area (Å²) < 4.78 is 4.94. The molecule has 1 aromatic rings. The summed E-state index contributed by atoms with van der Waals surface area (Å²) in [7, 11) is 0. The maximum Gasteiger partial charge on any atom is 0.189 e. The van der Waals surface area contributed by atoms with Gasteiger partial charge >= 0.3 is 0 Å². The van der Waals surface area contributed by atoms with Crippen molar-refractivity contribution in [2.75, 3.05) is 18.6 Å². The van der Waals surface area contributed by atoms with E-state index < -0.39 is 0 Å². The Hall–Kier alpha value is -0.830. The molecule has 120 valence electrons. The Labute approximate surface area is 142 Å². The Morgan fingerprint density at radius 1 is 0.864 bits per heavy atom. The zero-order chi connectivity index (χ0) is 15.8. The van der Waals surface area contributed by atoms with Crippen LogP contribution in [-0.2, 0) is 4.74 Å². The van der Waals surface area contributed by atoms with Gasteiger partial charge in [-0.25, -0.2) is 0 Å². The summed E-state index contributed by atoms with van der Waals surface area (Å²) in [5.74, 6) is 0.287. The average molecular weight is 341 g/mol. The SMILES string of the molecule is C1CCOC1.ClCCl.O=C1C2=C(CCCC2)c2ccccc21. The molecule has 1 aliphatic heterocycles. The molecule has 22 heavy (non-hydrogen) atoms. The number of ether oxygens (including phenoxy) is 1. The molecular weight excluding hydrogens is 319 g/mol. The topological polar surface area (TPSA) is 26.3 Å².